The molecular weight excluding hydrogens is 402 g/mol. The van der Waals surface area contributed by atoms with Gasteiger partial charge in [0.2, 0.25) is 10.0 Å². The van der Waals surface area contributed by atoms with Crippen LogP contribution in [0.2, 0.25) is 0 Å². The summed E-state index contributed by atoms with van der Waals surface area (Å²) in [6, 6.07) is 6.74. The molecule has 0 N–H and O–H groups in total. The monoisotopic (exact) mass is 437 g/mol. The first kappa shape index (κ1) is 22.0. The normalized spacial score (nSPS) is 26.3. The molecule has 1 spiro atoms. The van der Waals surface area contributed by atoms with Gasteiger partial charge in [0.05, 0.1) is 23.2 Å². The molecule has 1 atom stereocenters. The van der Waals surface area contributed by atoms with Gasteiger partial charge in [0.15, 0.2) is 0 Å². The number of likely N-dealkylation sites (N-methyl/N-ethyl adjacent to an activating group) is 1. The number of nitrogens with zero attached hydrogens (tertiary/aromatic N) is 3. The van der Waals surface area contributed by atoms with Crippen LogP contribution in [0.5, 0.6) is 5.75 Å². The Morgan fingerprint density at radius 1 is 1.03 bits per heavy atom. The maximum atomic E-state index is 13.0. The van der Waals surface area contributed by atoms with Gasteiger partial charge in [-0.25, -0.2) is 8.42 Å². The first-order chi connectivity index (χ1) is 14.4. The van der Waals surface area contributed by atoms with Gasteiger partial charge >= 0.3 is 0 Å². The van der Waals surface area contributed by atoms with E-state index >= 15 is 0 Å². The van der Waals surface area contributed by atoms with Crippen molar-refractivity contribution in [3.63, 3.8) is 0 Å². The fourth-order valence-corrected chi connectivity index (χ4v) is 6.31. The number of ether oxygens (including phenoxy) is 2. The van der Waals surface area contributed by atoms with E-state index in [4.69, 9.17) is 9.47 Å². The third-order valence-electron chi connectivity index (χ3n) is 6.80. The van der Waals surface area contributed by atoms with Crippen LogP contribution in [-0.4, -0.2) is 93.7 Å². The first-order valence-corrected chi connectivity index (χ1v) is 12.7. The van der Waals surface area contributed by atoms with Crippen molar-refractivity contribution in [2.45, 2.75) is 49.2 Å². The van der Waals surface area contributed by atoms with Gasteiger partial charge in [-0.1, -0.05) is 0 Å². The highest BCUT2D eigenvalue weighted by molar-refractivity contribution is 7.89. The molecule has 3 aliphatic heterocycles. The number of sulfonamides is 1. The van der Waals surface area contributed by atoms with E-state index in [1.54, 1.807) is 28.6 Å². The average Bonchev–Trinajstić information content (AvgIpc) is 3.12. The van der Waals surface area contributed by atoms with Crippen molar-refractivity contribution < 1.29 is 17.9 Å². The summed E-state index contributed by atoms with van der Waals surface area (Å²) in [5.74, 6) is 0.694. The molecular formula is C22H35N3O4S. The van der Waals surface area contributed by atoms with E-state index < -0.39 is 10.0 Å². The Hall–Kier alpha value is -1.19. The molecule has 0 aliphatic carbocycles. The van der Waals surface area contributed by atoms with Crippen LogP contribution >= 0.6 is 0 Å². The van der Waals surface area contributed by atoms with Gasteiger partial charge in [0.1, 0.15) is 5.75 Å². The van der Waals surface area contributed by atoms with E-state index in [2.05, 4.69) is 16.8 Å². The number of benzene rings is 1. The Kier molecular flexibility index (Phi) is 6.70. The molecule has 30 heavy (non-hydrogen) atoms. The van der Waals surface area contributed by atoms with Gasteiger partial charge in [-0.3, -0.25) is 4.90 Å². The van der Waals surface area contributed by atoms with Crippen LogP contribution in [-0.2, 0) is 14.8 Å². The lowest BCUT2D eigenvalue weighted by atomic mass is 9.89. The van der Waals surface area contributed by atoms with Crippen LogP contribution in [0.3, 0.4) is 0 Å². The van der Waals surface area contributed by atoms with Crippen LogP contribution in [0.15, 0.2) is 29.2 Å². The zero-order valence-electron chi connectivity index (χ0n) is 18.3. The Bertz CT molecular complexity index is 798. The molecule has 3 heterocycles. The van der Waals surface area contributed by atoms with Crippen LogP contribution in [0.25, 0.3) is 0 Å². The SMILES string of the molecule is CCOc1ccc(S(=O)(=O)N2CCC3(CCC(CN4CCN(C)CC4)O3)CC2)cc1. The molecule has 1 aromatic carbocycles. The maximum absolute atomic E-state index is 13.0. The molecule has 3 aliphatic rings. The number of hydrogen-bond acceptors (Lipinski definition) is 6. The van der Waals surface area contributed by atoms with E-state index in [0.717, 1.165) is 58.4 Å². The third-order valence-corrected chi connectivity index (χ3v) is 8.72. The average molecular weight is 438 g/mol. The summed E-state index contributed by atoms with van der Waals surface area (Å²) in [5, 5.41) is 0. The minimum absolute atomic E-state index is 0.137. The lowest BCUT2D eigenvalue weighted by Crippen LogP contribution is -2.49. The second kappa shape index (κ2) is 9.12. The van der Waals surface area contributed by atoms with E-state index in [0.29, 0.717) is 30.3 Å². The first-order valence-electron chi connectivity index (χ1n) is 11.2. The summed E-state index contributed by atoms with van der Waals surface area (Å²) in [5.41, 5.74) is -0.137. The molecule has 7 nitrogen and oxygen atoms in total. The number of piperazine rings is 1. The molecule has 3 fully saturated rings. The summed E-state index contributed by atoms with van der Waals surface area (Å²) < 4.78 is 39.7. The van der Waals surface area contributed by atoms with Gasteiger partial charge in [-0.15, -0.1) is 0 Å². The minimum Gasteiger partial charge on any atom is -0.494 e. The Morgan fingerprint density at radius 2 is 1.70 bits per heavy atom. The molecule has 1 unspecified atom stereocenters. The lowest BCUT2D eigenvalue weighted by Gasteiger charge is -2.39. The lowest BCUT2D eigenvalue weighted by molar-refractivity contribution is -0.0777. The third kappa shape index (κ3) is 4.83. The van der Waals surface area contributed by atoms with E-state index in [9.17, 15) is 8.42 Å². The molecule has 168 valence electrons. The predicted molar refractivity (Wildman–Crippen MR) is 116 cm³/mol. The number of hydrogen-bond donors (Lipinski definition) is 0. The van der Waals surface area contributed by atoms with Crippen molar-refractivity contribution >= 4 is 10.0 Å². The van der Waals surface area contributed by atoms with Crippen molar-refractivity contribution in [1.29, 1.82) is 0 Å². The van der Waals surface area contributed by atoms with Crippen molar-refractivity contribution in [3.8, 4) is 5.75 Å². The Morgan fingerprint density at radius 3 is 2.33 bits per heavy atom. The summed E-state index contributed by atoms with van der Waals surface area (Å²) in [7, 11) is -1.30. The maximum Gasteiger partial charge on any atom is 0.243 e. The smallest absolute Gasteiger partial charge is 0.243 e. The largest absolute Gasteiger partial charge is 0.494 e. The van der Waals surface area contributed by atoms with Gasteiger partial charge in [0.25, 0.3) is 0 Å². The highest BCUT2D eigenvalue weighted by atomic mass is 32.2. The zero-order chi connectivity index (χ0) is 21.2. The summed E-state index contributed by atoms with van der Waals surface area (Å²) >= 11 is 0. The fraction of sp³-hybridized carbons (Fsp3) is 0.727. The molecule has 0 radical (unpaired) electrons. The topological polar surface area (TPSA) is 62.3 Å². The van der Waals surface area contributed by atoms with Crippen molar-refractivity contribution in [2.75, 3.05) is 59.5 Å². The molecule has 0 aromatic heterocycles. The molecule has 0 saturated carbocycles. The van der Waals surface area contributed by atoms with E-state index in [1.807, 2.05) is 6.92 Å². The zero-order valence-corrected chi connectivity index (χ0v) is 19.1. The Labute approximate surface area is 181 Å². The predicted octanol–water partition coefficient (Wildman–Crippen LogP) is 2.04. The van der Waals surface area contributed by atoms with Gasteiger partial charge in [-0.05, 0) is 63.9 Å². The van der Waals surface area contributed by atoms with Crippen LogP contribution in [0.4, 0.5) is 0 Å². The molecule has 3 saturated heterocycles. The summed E-state index contributed by atoms with van der Waals surface area (Å²) in [6.07, 6.45) is 3.97. The van der Waals surface area contributed by atoms with E-state index in [1.165, 1.54) is 0 Å². The minimum atomic E-state index is -3.47. The number of piperidine rings is 1. The van der Waals surface area contributed by atoms with Crippen LogP contribution in [0.1, 0.15) is 32.6 Å². The Balaban J connectivity index is 1.31. The van der Waals surface area contributed by atoms with E-state index in [-0.39, 0.29) is 11.7 Å². The molecule has 1 aromatic rings. The van der Waals surface area contributed by atoms with Crippen LogP contribution < -0.4 is 4.74 Å². The number of rotatable bonds is 6. The van der Waals surface area contributed by atoms with Crippen LogP contribution in [0, 0.1) is 0 Å². The second-order valence-corrected chi connectivity index (χ2v) is 10.8. The standard InChI is InChI=1S/C22H35N3O4S/c1-3-28-19-4-6-21(7-5-19)30(26,27)25-12-10-22(11-13-25)9-8-20(29-22)18-24-16-14-23(2)15-17-24/h4-7,20H,3,8-18H2,1-2H3. The highest BCUT2D eigenvalue weighted by Gasteiger charge is 2.44. The van der Waals surface area contributed by atoms with Gasteiger partial charge in [0, 0.05) is 45.8 Å². The molecule has 4 rings (SSSR count). The van der Waals surface area contributed by atoms with Crippen molar-refractivity contribution in [2.24, 2.45) is 0 Å². The van der Waals surface area contributed by atoms with Gasteiger partial charge < -0.3 is 14.4 Å². The molecule has 0 bridgehead atoms. The van der Waals surface area contributed by atoms with Crippen molar-refractivity contribution in [3.05, 3.63) is 24.3 Å². The van der Waals surface area contributed by atoms with Crippen molar-refractivity contribution in [1.82, 2.24) is 14.1 Å². The van der Waals surface area contributed by atoms with Gasteiger partial charge in [-0.2, -0.15) is 4.31 Å². The quantitative estimate of drug-likeness (QED) is 0.679. The highest BCUT2D eigenvalue weighted by Crippen LogP contribution is 2.40. The summed E-state index contributed by atoms with van der Waals surface area (Å²) in [6.45, 7) is 8.99. The summed E-state index contributed by atoms with van der Waals surface area (Å²) in [4.78, 5) is 5.21. The molecule has 8 heteroatoms. The molecule has 0 amide bonds. The fourth-order valence-electron chi connectivity index (χ4n) is 4.87. The second-order valence-electron chi connectivity index (χ2n) is 8.87.